The van der Waals surface area contributed by atoms with Crippen molar-refractivity contribution in [2.24, 2.45) is 0 Å². The molecule has 0 aromatic carbocycles. The molecule has 1 unspecified atom stereocenters. The molecule has 1 rings (SSSR count). The van der Waals surface area contributed by atoms with E-state index in [1.54, 1.807) is 0 Å². The topological polar surface area (TPSA) is 32.7 Å². The van der Waals surface area contributed by atoms with Crippen molar-refractivity contribution in [3.05, 3.63) is 0 Å². The Morgan fingerprint density at radius 2 is 1.69 bits per heavy atom. The first-order valence-corrected chi connectivity index (χ1v) is 6.52. The van der Waals surface area contributed by atoms with Gasteiger partial charge in [0.25, 0.3) is 0 Å². The van der Waals surface area contributed by atoms with E-state index in [0.29, 0.717) is 6.61 Å². The molecule has 0 radical (unpaired) electrons. The summed E-state index contributed by atoms with van der Waals surface area (Å²) >= 11 is 0. The molecule has 0 spiro atoms. The number of rotatable bonds is 4. The Hall–Kier alpha value is -0.120. The molecule has 1 fully saturated rings. The van der Waals surface area contributed by atoms with E-state index in [2.05, 4.69) is 4.90 Å². The summed E-state index contributed by atoms with van der Waals surface area (Å²) in [4.78, 5) is 2.36. The largest absolute Gasteiger partial charge is 0.389 e. The summed E-state index contributed by atoms with van der Waals surface area (Å²) in [5.74, 6) is 0. The normalized spacial score (nSPS) is 21.8. The van der Waals surface area contributed by atoms with Crippen LogP contribution in [0.15, 0.2) is 0 Å². The second-order valence-corrected chi connectivity index (χ2v) is 5.79. The third-order valence-electron chi connectivity index (χ3n) is 2.88. The molecule has 1 aliphatic rings. The molecule has 0 aromatic rings. The number of aliphatic hydroxyl groups excluding tert-OH is 1. The van der Waals surface area contributed by atoms with E-state index in [4.69, 9.17) is 4.74 Å². The molecule has 0 bridgehead atoms. The van der Waals surface area contributed by atoms with Gasteiger partial charge in [-0.2, -0.15) is 0 Å². The van der Waals surface area contributed by atoms with E-state index in [0.717, 1.165) is 19.6 Å². The maximum Gasteiger partial charge on any atom is 0.0900 e. The van der Waals surface area contributed by atoms with Gasteiger partial charge in [-0.1, -0.05) is 12.8 Å². The zero-order valence-corrected chi connectivity index (χ0v) is 11.0. The molecular formula is C13H27NO2. The lowest BCUT2D eigenvalue weighted by Gasteiger charge is -2.26. The van der Waals surface area contributed by atoms with Crippen molar-refractivity contribution in [1.29, 1.82) is 0 Å². The van der Waals surface area contributed by atoms with Crippen molar-refractivity contribution in [3.63, 3.8) is 0 Å². The zero-order valence-electron chi connectivity index (χ0n) is 11.0. The van der Waals surface area contributed by atoms with Crippen LogP contribution >= 0.6 is 0 Å². The van der Waals surface area contributed by atoms with Crippen LogP contribution in [0.2, 0.25) is 0 Å². The van der Waals surface area contributed by atoms with Crippen LogP contribution in [0.5, 0.6) is 0 Å². The van der Waals surface area contributed by atoms with E-state index in [1.165, 1.54) is 25.7 Å². The van der Waals surface area contributed by atoms with Crippen molar-refractivity contribution in [1.82, 2.24) is 4.90 Å². The fourth-order valence-electron chi connectivity index (χ4n) is 2.02. The highest BCUT2D eigenvalue weighted by Crippen LogP contribution is 2.11. The summed E-state index contributed by atoms with van der Waals surface area (Å²) in [6.07, 6.45) is 4.87. The second-order valence-electron chi connectivity index (χ2n) is 5.79. The summed E-state index contributed by atoms with van der Waals surface area (Å²) in [5.41, 5.74) is -0.153. The van der Waals surface area contributed by atoms with Crippen LogP contribution < -0.4 is 0 Å². The predicted octanol–water partition coefficient (Wildman–Crippen LogP) is 2.04. The van der Waals surface area contributed by atoms with Gasteiger partial charge in [0.1, 0.15) is 0 Å². The van der Waals surface area contributed by atoms with Crippen LogP contribution in [0.25, 0.3) is 0 Å². The standard InChI is InChI=1S/C13H27NO2/c1-13(2,3)16-11-12(15)10-14-8-6-4-5-7-9-14/h12,15H,4-11H2,1-3H3. The van der Waals surface area contributed by atoms with E-state index in [-0.39, 0.29) is 11.7 Å². The SMILES string of the molecule is CC(C)(C)OCC(O)CN1CCCCCC1. The molecule has 1 atom stereocenters. The maximum absolute atomic E-state index is 9.89. The van der Waals surface area contributed by atoms with Crippen molar-refractivity contribution < 1.29 is 9.84 Å². The van der Waals surface area contributed by atoms with Crippen molar-refractivity contribution in [2.75, 3.05) is 26.2 Å². The highest BCUT2D eigenvalue weighted by Gasteiger charge is 2.17. The average Bonchev–Trinajstić information content (AvgIpc) is 2.42. The van der Waals surface area contributed by atoms with Gasteiger partial charge >= 0.3 is 0 Å². The summed E-state index contributed by atoms with van der Waals surface area (Å²) in [6.45, 7) is 9.53. The number of ether oxygens (including phenoxy) is 1. The van der Waals surface area contributed by atoms with Gasteiger partial charge in [0.2, 0.25) is 0 Å². The van der Waals surface area contributed by atoms with Crippen LogP contribution in [0.1, 0.15) is 46.5 Å². The molecule has 1 aliphatic heterocycles. The summed E-state index contributed by atoms with van der Waals surface area (Å²) in [6, 6.07) is 0. The quantitative estimate of drug-likeness (QED) is 0.800. The van der Waals surface area contributed by atoms with Crippen LogP contribution in [0, 0.1) is 0 Å². The van der Waals surface area contributed by atoms with Gasteiger partial charge in [-0.15, -0.1) is 0 Å². The van der Waals surface area contributed by atoms with Gasteiger partial charge in [-0.25, -0.2) is 0 Å². The van der Waals surface area contributed by atoms with E-state index < -0.39 is 0 Å². The highest BCUT2D eigenvalue weighted by molar-refractivity contribution is 4.69. The van der Waals surface area contributed by atoms with E-state index in [1.807, 2.05) is 20.8 Å². The molecule has 96 valence electrons. The third-order valence-corrected chi connectivity index (χ3v) is 2.88. The molecule has 3 nitrogen and oxygen atoms in total. The van der Waals surface area contributed by atoms with Gasteiger partial charge in [0, 0.05) is 6.54 Å². The van der Waals surface area contributed by atoms with Crippen molar-refractivity contribution in [2.45, 2.75) is 58.2 Å². The minimum atomic E-state index is -0.350. The monoisotopic (exact) mass is 229 g/mol. The fourth-order valence-corrected chi connectivity index (χ4v) is 2.02. The fraction of sp³-hybridized carbons (Fsp3) is 1.00. The Morgan fingerprint density at radius 3 is 2.19 bits per heavy atom. The first-order chi connectivity index (χ1) is 7.47. The number of hydrogen-bond acceptors (Lipinski definition) is 3. The Labute approximate surface area is 99.8 Å². The van der Waals surface area contributed by atoms with Gasteiger partial charge in [-0.05, 0) is 46.7 Å². The maximum atomic E-state index is 9.89. The minimum Gasteiger partial charge on any atom is -0.389 e. The first-order valence-electron chi connectivity index (χ1n) is 6.52. The average molecular weight is 229 g/mol. The molecule has 0 aliphatic carbocycles. The molecule has 0 saturated carbocycles. The summed E-state index contributed by atoms with van der Waals surface area (Å²) < 4.78 is 5.59. The third kappa shape index (κ3) is 6.46. The van der Waals surface area contributed by atoms with Crippen LogP contribution in [0.4, 0.5) is 0 Å². The number of aliphatic hydroxyl groups is 1. The molecule has 1 heterocycles. The Kier molecular flexibility index (Phi) is 5.73. The molecule has 16 heavy (non-hydrogen) atoms. The van der Waals surface area contributed by atoms with Gasteiger partial charge in [0.05, 0.1) is 18.3 Å². The van der Waals surface area contributed by atoms with Crippen molar-refractivity contribution in [3.8, 4) is 0 Å². The number of hydrogen-bond donors (Lipinski definition) is 1. The Balaban J connectivity index is 2.19. The Morgan fingerprint density at radius 1 is 1.12 bits per heavy atom. The molecule has 0 aromatic heterocycles. The van der Waals surface area contributed by atoms with E-state index in [9.17, 15) is 5.11 Å². The highest BCUT2D eigenvalue weighted by atomic mass is 16.5. The lowest BCUT2D eigenvalue weighted by Crippen LogP contribution is -2.37. The van der Waals surface area contributed by atoms with Gasteiger partial charge in [-0.3, -0.25) is 0 Å². The molecule has 0 amide bonds. The molecule has 3 heteroatoms. The second kappa shape index (κ2) is 6.58. The smallest absolute Gasteiger partial charge is 0.0900 e. The van der Waals surface area contributed by atoms with E-state index >= 15 is 0 Å². The van der Waals surface area contributed by atoms with Crippen LogP contribution in [-0.4, -0.2) is 48.0 Å². The van der Waals surface area contributed by atoms with Crippen LogP contribution in [0.3, 0.4) is 0 Å². The molecular weight excluding hydrogens is 202 g/mol. The number of nitrogens with zero attached hydrogens (tertiary/aromatic N) is 1. The predicted molar refractivity (Wildman–Crippen MR) is 66.6 cm³/mol. The summed E-state index contributed by atoms with van der Waals surface area (Å²) in [7, 11) is 0. The van der Waals surface area contributed by atoms with Gasteiger partial charge < -0.3 is 14.7 Å². The number of likely N-dealkylation sites (tertiary alicyclic amines) is 1. The molecule has 1 saturated heterocycles. The summed E-state index contributed by atoms with van der Waals surface area (Å²) in [5, 5.41) is 9.89. The first kappa shape index (κ1) is 13.9. The lowest BCUT2D eigenvalue weighted by atomic mass is 10.2. The molecule has 1 N–H and O–H groups in total. The number of β-amino-alcohol motifs (C(OH)–C–C–N with tert-alkyl or cyclic N) is 1. The zero-order chi connectivity index (χ0) is 12.0. The minimum absolute atomic E-state index is 0.153. The lowest BCUT2D eigenvalue weighted by molar-refractivity contribution is -0.0559. The van der Waals surface area contributed by atoms with Crippen molar-refractivity contribution >= 4 is 0 Å². The van der Waals surface area contributed by atoms with Gasteiger partial charge in [0.15, 0.2) is 0 Å². The Bertz CT molecular complexity index is 181. The van der Waals surface area contributed by atoms with Crippen LogP contribution in [-0.2, 0) is 4.74 Å².